The summed E-state index contributed by atoms with van der Waals surface area (Å²) in [5, 5.41) is 4.30. The third-order valence-corrected chi connectivity index (χ3v) is 2.11. The third-order valence-electron chi connectivity index (χ3n) is 2.11. The molecule has 0 bridgehead atoms. The molecule has 6 heteroatoms. The van der Waals surface area contributed by atoms with E-state index in [1.165, 1.54) is 4.57 Å². The summed E-state index contributed by atoms with van der Waals surface area (Å²) in [7, 11) is 3.43. The van der Waals surface area contributed by atoms with Crippen LogP contribution in [0, 0.1) is 13.1 Å². The summed E-state index contributed by atoms with van der Waals surface area (Å²) in [4.78, 5) is 15.8. The van der Waals surface area contributed by atoms with Gasteiger partial charge in [-0.15, -0.1) is 0 Å². The summed E-state index contributed by atoms with van der Waals surface area (Å²) >= 11 is 0. The van der Waals surface area contributed by atoms with E-state index in [-0.39, 0.29) is 63.7 Å². The van der Waals surface area contributed by atoms with Gasteiger partial charge in [0.05, 0.1) is 11.5 Å². The number of fused-ring (bicyclic) bond motifs is 1. The molecule has 0 amide bonds. The van der Waals surface area contributed by atoms with Crippen molar-refractivity contribution in [1.82, 2.24) is 19.3 Å². The average Bonchev–Trinajstić information content (AvgIpc) is 2.45. The van der Waals surface area contributed by atoms with Gasteiger partial charge < -0.3 is 14.0 Å². The van der Waals surface area contributed by atoms with Crippen LogP contribution in [0.25, 0.3) is 11.0 Å². The molecular weight excluding hydrogens is 254 g/mol. The summed E-state index contributed by atoms with van der Waals surface area (Å²) in [6.07, 6.45) is 2.64. The minimum Gasteiger partial charge on any atom is -0.354 e. The predicted octanol–water partition coefficient (Wildman–Crippen LogP) is -3.22. The minimum atomic E-state index is -0.101. The Hall–Kier alpha value is 0.155. The number of aromatic nitrogens is 4. The first-order valence-corrected chi connectivity index (χ1v) is 3.89. The average molecular weight is 263 g/mol. The molecule has 0 atom stereocenters. The summed E-state index contributed by atoms with van der Waals surface area (Å²) in [6.45, 7) is 1.79. The molecule has 0 unspecified atom stereocenters. The van der Waals surface area contributed by atoms with Gasteiger partial charge in [-0.3, -0.25) is 10.1 Å². The standard InChI is InChI=1S/C8H9N4O.Rb/c1-5-10-7-6(4-9-12(7)3)8(13)11(5)2;/h1-3H3;/q-1;+1. The van der Waals surface area contributed by atoms with Gasteiger partial charge in [0.25, 0.3) is 0 Å². The molecule has 2 heterocycles. The molecule has 0 aromatic carbocycles. The van der Waals surface area contributed by atoms with Crippen molar-refractivity contribution in [3.8, 4) is 0 Å². The van der Waals surface area contributed by atoms with E-state index in [0.717, 1.165) is 0 Å². The SMILES string of the molecule is Cc1nc2c([c-]nn2C)c(=O)n1C.[Rb+]. The van der Waals surface area contributed by atoms with Gasteiger partial charge in [0.2, 0.25) is 0 Å². The van der Waals surface area contributed by atoms with Crippen molar-refractivity contribution < 1.29 is 58.2 Å². The van der Waals surface area contributed by atoms with E-state index in [2.05, 4.69) is 16.3 Å². The first-order valence-electron chi connectivity index (χ1n) is 3.89. The molecule has 2 aromatic heterocycles. The van der Waals surface area contributed by atoms with E-state index < -0.39 is 0 Å². The van der Waals surface area contributed by atoms with Crippen molar-refractivity contribution in [2.45, 2.75) is 6.92 Å². The molecule has 0 fully saturated rings. The second-order valence-electron chi connectivity index (χ2n) is 2.96. The number of hydrogen-bond acceptors (Lipinski definition) is 3. The molecule has 0 aliphatic rings. The Bertz CT molecular complexity index is 528. The molecule has 0 aliphatic carbocycles. The zero-order chi connectivity index (χ0) is 9.59. The summed E-state index contributed by atoms with van der Waals surface area (Å²) in [5.41, 5.74) is 0.483. The first kappa shape index (κ1) is 12.2. The van der Waals surface area contributed by atoms with Crippen LogP contribution >= 0.6 is 0 Å². The second-order valence-corrected chi connectivity index (χ2v) is 2.96. The fraction of sp³-hybridized carbons (Fsp3) is 0.375. The number of aryl methyl sites for hydroxylation is 2. The maximum atomic E-state index is 11.6. The number of nitrogens with zero attached hydrogens (tertiary/aromatic N) is 4. The molecule has 0 spiro atoms. The summed E-state index contributed by atoms with van der Waals surface area (Å²) < 4.78 is 3.03. The molecule has 0 N–H and O–H groups in total. The number of rotatable bonds is 0. The molecule has 2 aromatic rings. The fourth-order valence-corrected chi connectivity index (χ4v) is 1.20. The van der Waals surface area contributed by atoms with Crippen molar-refractivity contribution >= 4 is 11.0 Å². The maximum absolute atomic E-state index is 11.6. The topological polar surface area (TPSA) is 52.7 Å². The second kappa shape index (κ2) is 4.34. The van der Waals surface area contributed by atoms with Crippen molar-refractivity contribution in [2.24, 2.45) is 14.1 Å². The molecule has 0 saturated carbocycles. The number of hydrogen-bond donors (Lipinski definition) is 0. The Labute approximate surface area is 130 Å². The van der Waals surface area contributed by atoms with Gasteiger partial charge in [0.15, 0.2) is 0 Å². The van der Waals surface area contributed by atoms with Crippen LogP contribution in [0.3, 0.4) is 0 Å². The quantitative estimate of drug-likeness (QED) is 0.470. The largest absolute Gasteiger partial charge is 1.00 e. The Morgan fingerprint density at radius 2 is 2.00 bits per heavy atom. The molecule has 0 radical (unpaired) electrons. The summed E-state index contributed by atoms with van der Waals surface area (Å²) in [6, 6.07) is 0. The van der Waals surface area contributed by atoms with E-state index in [0.29, 0.717) is 16.9 Å². The normalized spacial score (nSPS) is 10.2. The van der Waals surface area contributed by atoms with Crippen LogP contribution in [0.2, 0.25) is 0 Å². The van der Waals surface area contributed by atoms with Gasteiger partial charge in [0.1, 0.15) is 5.56 Å². The molecule has 2 rings (SSSR count). The molecule has 5 nitrogen and oxygen atoms in total. The van der Waals surface area contributed by atoms with Gasteiger partial charge in [0, 0.05) is 14.1 Å². The minimum absolute atomic E-state index is 0. The Morgan fingerprint density at radius 3 is 2.64 bits per heavy atom. The van der Waals surface area contributed by atoms with Gasteiger partial charge in [-0.25, -0.2) is 0 Å². The van der Waals surface area contributed by atoms with E-state index in [9.17, 15) is 4.79 Å². The third kappa shape index (κ3) is 1.78. The van der Waals surface area contributed by atoms with E-state index in [1.807, 2.05) is 0 Å². The molecule has 68 valence electrons. The molecule has 14 heavy (non-hydrogen) atoms. The van der Waals surface area contributed by atoms with Crippen molar-refractivity contribution in [2.75, 3.05) is 0 Å². The zero-order valence-corrected chi connectivity index (χ0v) is 13.6. The van der Waals surface area contributed by atoms with E-state index >= 15 is 0 Å². The van der Waals surface area contributed by atoms with E-state index in [1.54, 1.807) is 25.7 Å². The van der Waals surface area contributed by atoms with Crippen molar-refractivity contribution in [3.05, 3.63) is 22.4 Å². The van der Waals surface area contributed by atoms with Crippen LogP contribution in [-0.4, -0.2) is 19.3 Å². The Morgan fingerprint density at radius 1 is 1.36 bits per heavy atom. The van der Waals surface area contributed by atoms with E-state index in [4.69, 9.17) is 0 Å². The van der Waals surface area contributed by atoms with Crippen LogP contribution in [0.15, 0.2) is 4.79 Å². The monoisotopic (exact) mass is 262 g/mol. The van der Waals surface area contributed by atoms with Gasteiger partial charge in [-0.2, -0.15) is 0 Å². The predicted molar refractivity (Wildman–Crippen MR) is 47.3 cm³/mol. The maximum Gasteiger partial charge on any atom is 1.00 e. The first-order chi connectivity index (χ1) is 6.11. The fourth-order valence-electron chi connectivity index (χ4n) is 1.20. The van der Waals surface area contributed by atoms with Gasteiger partial charge >= 0.3 is 58.2 Å². The Kier molecular flexibility index (Phi) is 3.79. The van der Waals surface area contributed by atoms with Crippen molar-refractivity contribution in [1.29, 1.82) is 0 Å². The van der Waals surface area contributed by atoms with Crippen LogP contribution in [0.5, 0.6) is 0 Å². The zero-order valence-electron chi connectivity index (χ0n) is 8.70. The molecular formula is C8H9N4ORb. The van der Waals surface area contributed by atoms with Crippen LogP contribution in [0.4, 0.5) is 0 Å². The molecule has 0 aliphatic heterocycles. The summed E-state index contributed by atoms with van der Waals surface area (Å²) in [5.74, 6) is 0.675. The van der Waals surface area contributed by atoms with Crippen LogP contribution < -0.4 is 63.7 Å². The smallest absolute Gasteiger partial charge is 0.354 e. The van der Waals surface area contributed by atoms with Crippen molar-refractivity contribution in [3.63, 3.8) is 0 Å². The Balaban J connectivity index is 0.000000980. The van der Waals surface area contributed by atoms with Crippen LogP contribution in [0.1, 0.15) is 5.82 Å². The molecule has 0 saturated heterocycles. The van der Waals surface area contributed by atoms with Gasteiger partial charge in [-0.1, -0.05) is 5.39 Å². The van der Waals surface area contributed by atoms with Gasteiger partial charge in [-0.05, 0) is 13.1 Å². The van der Waals surface area contributed by atoms with Crippen LogP contribution in [-0.2, 0) is 14.1 Å².